The van der Waals surface area contributed by atoms with E-state index in [1.54, 1.807) is 21.7 Å². The van der Waals surface area contributed by atoms with E-state index in [0.717, 1.165) is 8.25 Å². The van der Waals surface area contributed by atoms with Crippen molar-refractivity contribution >= 4 is 31.6 Å². The summed E-state index contributed by atoms with van der Waals surface area (Å²) in [6, 6.07) is 37.0. The summed E-state index contributed by atoms with van der Waals surface area (Å²) in [6.45, 7) is 11.9. The maximum absolute atomic E-state index is 3.88. The first-order chi connectivity index (χ1) is 18.8. The Morgan fingerprint density at radius 2 is 0.950 bits per heavy atom. The zero-order valence-electron chi connectivity index (χ0n) is 24.8. The molecular formula is C37H43FePSi. The third-order valence-electron chi connectivity index (χ3n) is 21.4. The standard InChI is InChI=1S/C32H38PSi.C5H5.Fe/c1-31(2,3)33(32(4,5)6)25-26-17-16-24-30(26)34(27-18-10-7-11-19-27,28-20-12-8-13-21-28)29-22-14-9-15-23-29;1-2-4-5-3-1;/h7-24H,25H2,1-6H3;1-5H;. The van der Waals surface area contributed by atoms with Crippen molar-refractivity contribution < 1.29 is 6.51 Å². The molecule has 3 heteroatoms. The first-order valence-electron chi connectivity index (χ1n) is 16.0. The van der Waals surface area contributed by atoms with E-state index >= 15 is 0 Å². The molecule has 0 radical (unpaired) electrons. The number of hydrogen-bond donors (Lipinski definition) is 0. The molecule has 0 nitrogen and oxygen atoms in total. The fourth-order valence-electron chi connectivity index (χ4n) is 23.5. The maximum atomic E-state index is 2.63. The Labute approximate surface area is 232 Å². The summed E-state index contributed by atoms with van der Waals surface area (Å²) in [6.07, 6.45) is 1.65. The van der Waals surface area contributed by atoms with Crippen LogP contribution in [-0.4, -0.2) is 24.5 Å². The second-order valence-corrected chi connectivity index (χ2v) is 51.4. The predicted molar refractivity (Wildman–Crippen MR) is 171 cm³/mol. The molecule has 10 heterocycles. The quantitative estimate of drug-likeness (QED) is 0.150. The van der Waals surface area contributed by atoms with Crippen molar-refractivity contribution in [2.75, 3.05) is 6.16 Å². The van der Waals surface area contributed by atoms with Crippen LogP contribution in [0, 0.1) is 0 Å². The summed E-state index contributed by atoms with van der Waals surface area (Å²) < 4.78 is 1.55. The van der Waals surface area contributed by atoms with Crippen molar-refractivity contribution in [2.24, 2.45) is 0 Å². The van der Waals surface area contributed by atoms with Gasteiger partial charge in [-0.15, -0.1) is 0 Å². The molecule has 3 aromatic carbocycles. The molecule has 10 fully saturated rings. The molecular weight excluding hydrogens is 559 g/mol. The molecule has 1 spiro atoms. The molecule has 3 aromatic rings. The molecule has 10 aliphatic heterocycles. The van der Waals surface area contributed by atoms with E-state index in [0.29, 0.717) is 10.3 Å². The molecule has 5 unspecified atom stereocenters. The molecule has 0 amide bonds. The second kappa shape index (κ2) is 3.24. The van der Waals surface area contributed by atoms with Crippen molar-refractivity contribution in [2.45, 2.75) is 98.6 Å². The van der Waals surface area contributed by atoms with E-state index < -0.39 is 14.6 Å². The third-order valence-corrected chi connectivity index (χ3v) is 79.7. The van der Waals surface area contributed by atoms with Crippen LogP contribution in [0.4, 0.5) is 0 Å². The van der Waals surface area contributed by atoms with Gasteiger partial charge in [0.2, 0.25) is 0 Å². The minimum atomic E-state index is -3.88. The van der Waals surface area contributed by atoms with Crippen LogP contribution in [0.15, 0.2) is 91.0 Å². The van der Waals surface area contributed by atoms with Gasteiger partial charge in [0.25, 0.3) is 0 Å². The number of fused-ring (bicyclic) bond motifs is 10. The summed E-state index contributed by atoms with van der Waals surface area (Å²) >= 11 is 0. The van der Waals surface area contributed by atoms with Crippen molar-refractivity contribution in [1.82, 2.24) is 0 Å². The Morgan fingerprint density at radius 1 is 0.575 bits per heavy atom. The van der Waals surface area contributed by atoms with E-state index in [-0.39, 0.29) is 7.92 Å². The zero-order chi connectivity index (χ0) is 27.1. The molecule has 5 atom stereocenters. The molecule has 10 aliphatic rings. The monoisotopic (exact) mass is 602 g/mol. The second-order valence-electron chi connectivity index (χ2n) is 19.7. The first-order valence-corrected chi connectivity index (χ1v) is 25.7. The average Bonchev–Trinajstić information content (AvgIpc) is 3.88. The van der Waals surface area contributed by atoms with E-state index in [4.69, 9.17) is 0 Å². The van der Waals surface area contributed by atoms with Crippen LogP contribution in [0.25, 0.3) is 0 Å². The normalized spacial score (nSPS) is 60.6. The van der Waals surface area contributed by atoms with Gasteiger partial charge in [0.1, 0.15) is 0 Å². The topological polar surface area (TPSA) is 0 Å². The van der Waals surface area contributed by atoms with Crippen molar-refractivity contribution in [3.63, 3.8) is 0 Å². The van der Waals surface area contributed by atoms with Crippen molar-refractivity contribution in [1.29, 1.82) is 0 Å². The first kappa shape index (κ1) is 21.5. The van der Waals surface area contributed by atoms with Crippen LogP contribution in [0.1, 0.15) is 41.5 Å². The number of hydrogen-bond acceptors (Lipinski definition) is 0. The molecule has 0 aliphatic carbocycles. The molecule has 40 heavy (non-hydrogen) atoms. The Morgan fingerprint density at radius 3 is 1.25 bits per heavy atom. The van der Waals surface area contributed by atoms with E-state index in [9.17, 15) is 0 Å². The summed E-state index contributed by atoms with van der Waals surface area (Å²) in [5, 5.41) is 6.17. The van der Waals surface area contributed by atoms with Gasteiger partial charge in [-0.05, 0) is 0 Å². The summed E-state index contributed by atoms with van der Waals surface area (Å²) in [7, 11) is -2.39. The van der Waals surface area contributed by atoms with Crippen molar-refractivity contribution in [3.8, 4) is 0 Å². The van der Waals surface area contributed by atoms with Gasteiger partial charge in [-0.2, -0.15) is 0 Å². The van der Waals surface area contributed by atoms with Crippen LogP contribution in [-0.2, 0) is 6.51 Å². The fraction of sp³-hybridized carbons (Fsp3) is 0.514. The predicted octanol–water partition coefficient (Wildman–Crippen LogP) is 8.90. The molecule has 10 saturated heterocycles. The van der Waals surface area contributed by atoms with Crippen LogP contribution < -0.4 is 15.6 Å². The van der Waals surface area contributed by atoms with Crippen LogP contribution in [0.3, 0.4) is 0 Å². The third kappa shape index (κ3) is 0.547. The van der Waals surface area contributed by atoms with Crippen LogP contribution >= 0.6 is 7.92 Å². The van der Waals surface area contributed by atoms with Gasteiger partial charge in [-0.1, -0.05) is 0 Å². The average molecular weight is 603 g/mol. The molecule has 208 valence electrons. The van der Waals surface area contributed by atoms with Gasteiger partial charge in [-0.3, -0.25) is 0 Å². The van der Waals surface area contributed by atoms with Gasteiger partial charge in [0.05, 0.1) is 0 Å². The van der Waals surface area contributed by atoms with Crippen LogP contribution in [0.5, 0.6) is 0 Å². The summed E-state index contributed by atoms with van der Waals surface area (Å²) in [4.78, 5) is 10.4. The van der Waals surface area contributed by atoms with Gasteiger partial charge >= 0.3 is 234 Å². The Kier molecular flexibility index (Phi) is 1.74. The van der Waals surface area contributed by atoms with Crippen LogP contribution in [0.2, 0.25) is 46.8 Å². The summed E-state index contributed by atoms with van der Waals surface area (Å²) in [5.74, 6) is 0. The Bertz CT molecular complexity index is 1970. The van der Waals surface area contributed by atoms with Crippen molar-refractivity contribution in [3.05, 3.63) is 91.0 Å². The minimum absolute atomic E-state index is 0.0773. The number of benzene rings is 3. The van der Waals surface area contributed by atoms with Gasteiger partial charge in [0, 0.05) is 0 Å². The molecule has 0 bridgehead atoms. The zero-order valence-corrected chi connectivity index (χ0v) is 27.8. The summed E-state index contributed by atoms with van der Waals surface area (Å²) in [5.41, 5.74) is 0. The molecule has 0 aromatic heterocycles. The SMILES string of the molecule is CC(C)(C)P(C[C]12[CH]3[CH]4[CH]5[C]1([Si](c1ccccc1)(c1ccccc1)c1ccccc1)[Fe]43521678[CH]2[CH]1[CH]6[CH]7[CH]28)C(C)(C)C. The van der Waals surface area contributed by atoms with E-state index in [2.05, 4.69) is 133 Å². The fourth-order valence-corrected chi connectivity index (χ4v) is 130. The number of rotatable bonds is 6. The Balaban J connectivity index is 1.21. The molecule has 0 N–H and O–H groups in total. The van der Waals surface area contributed by atoms with Gasteiger partial charge in [0.15, 0.2) is 0 Å². The van der Waals surface area contributed by atoms with Gasteiger partial charge < -0.3 is 0 Å². The van der Waals surface area contributed by atoms with E-state index in [1.807, 2.05) is 0 Å². The van der Waals surface area contributed by atoms with Gasteiger partial charge in [-0.25, -0.2) is 0 Å². The molecule has 0 saturated carbocycles. The Hall–Kier alpha value is -1.17. The molecule has 13 rings (SSSR count). The van der Waals surface area contributed by atoms with E-state index in [1.165, 1.54) is 38.5 Å².